The normalized spacial score (nSPS) is 24.5. The van der Waals surface area contributed by atoms with Crippen molar-refractivity contribution in [2.24, 2.45) is 11.8 Å². The molecule has 2 fully saturated rings. The number of likely N-dealkylation sites (tertiary alicyclic amines) is 1. The standard InChI is InChI=1S/C14H17Cl2N3O.ClH/c15-12-2-1-11(3-13(12)16)18-14(20)8-19-6-9-4-17-5-10(9)7-19;/h1-3,9-10,17H,4-8H2,(H,18,20);1H/t9-,10+;. The largest absolute Gasteiger partial charge is 0.325 e. The summed E-state index contributed by atoms with van der Waals surface area (Å²) in [4.78, 5) is 14.3. The first kappa shape index (κ1) is 16.8. The maximum absolute atomic E-state index is 12.0. The molecule has 0 unspecified atom stereocenters. The molecule has 2 heterocycles. The molecule has 0 radical (unpaired) electrons. The zero-order valence-electron chi connectivity index (χ0n) is 11.4. The molecular formula is C14H18Cl3N3O. The Kier molecular flexibility index (Phi) is 5.74. The molecule has 3 rings (SSSR count). The SMILES string of the molecule is Cl.O=C(CN1C[C@H]2CNC[C@H]2C1)Nc1ccc(Cl)c(Cl)c1. The van der Waals surface area contributed by atoms with Crippen LogP contribution >= 0.6 is 35.6 Å². The fourth-order valence-electron chi connectivity index (χ4n) is 3.06. The molecule has 2 N–H and O–H groups in total. The Morgan fingerprint density at radius 3 is 2.52 bits per heavy atom. The van der Waals surface area contributed by atoms with Gasteiger partial charge in [0.15, 0.2) is 0 Å². The zero-order chi connectivity index (χ0) is 14.1. The fraction of sp³-hybridized carbons (Fsp3) is 0.500. The van der Waals surface area contributed by atoms with Crippen molar-refractivity contribution >= 4 is 47.2 Å². The van der Waals surface area contributed by atoms with E-state index in [0.717, 1.165) is 26.2 Å². The molecule has 7 heteroatoms. The molecule has 4 nitrogen and oxygen atoms in total. The first-order valence-electron chi connectivity index (χ1n) is 6.80. The average molecular weight is 351 g/mol. The molecule has 1 aromatic carbocycles. The summed E-state index contributed by atoms with van der Waals surface area (Å²) in [5, 5.41) is 7.20. The lowest BCUT2D eigenvalue weighted by atomic mass is 10.0. The second-order valence-electron chi connectivity index (χ2n) is 5.55. The fourth-order valence-corrected chi connectivity index (χ4v) is 3.36. The van der Waals surface area contributed by atoms with Gasteiger partial charge in [-0.25, -0.2) is 0 Å². The number of hydrogen-bond acceptors (Lipinski definition) is 3. The smallest absolute Gasteiger partial charge is 0.238 e. The summed E-state index contributed by atoms with van der Waals surface area (Å²) in [5.41, 5.74) is 0.686. The highest BCUT2D eigenvalue weighted by molar-refractivity contribution is 6.42. The first-order valence-corrected chi connectivity index (χ1v) is 7.55. The maximum atomic E-state index is 12.0. The monoisotopic (exact) mass is 349 g/mol. The van der Waals surface area contributed by atoms with Crippen molar-refractivity contribution in [2.75, 3.05) is 38.0 Å². The van der Waals surface area contributed by atoms with Gasteiger partial charge in [0.05, 0.1) is 16.6 Å². The summed E-state index contributed by atoms with van der Waals surface area (Å²) < 4.78 is 0. The molecule has 21 heavy (non-hydrogen) atoms. The molecule has 0 bridgehead atoms. The van der Waals surface area contributed by atoms with Crippen molar-refractivity contribution in [2.45, 2.75) is 0 Å². The van der Waals surface area contributed by atoms with Crippen LogP contribution in [-0.4, -0.2) is 43.5 Å². The van der Waals surface area contributed by atoms with E-state index >= 15 is 0 Å². The Balaban J connectivity index is 0.00000161. The number of fused-ring (bicyclic) bond motifs is 1. The lowest BCUT2D eigenvalue weighted by molar-refractivity contribution is -0.117. The molecule has 116 valence electrons. The number of carbonyl (C=O) groups is 1. The van der Waals surface area contributed by atoms with E-state index < -0.39 is 0 Å². The molecule has 2 atom stereocenters. The molecule has 1 amide bonds. The number of anilines is 1. The molecule has 0 aliphatic carbocycles. The minimum atomic E-state index is -0.00341. The van der Waals surface area contributed by atoms with E-state index in [1.807, 2.05) is 0 Å². The van der Waals surface area contributed by atoms with Gasteiger partial charge in [-0.1, -0.05) is 23.2 Å². The highest BCUT2D eigenvalue weighted by atomic mass is 35.5. The van der Waals surface area contributed by atoms with E-state index in [0.29, 0.717) is 34.1 Å². The number of rotatable bonds is 3. The van der Waals surface area contributed by atoms with Crippen molar-refractivity contribution in [3.8, 4) is 0 Å². The van der Waals surface area contributed by atoms with Crippen molar-refractivity contribution in [3.05, 3.63) is 28.2 Å². The van der Waals surface area contributed by atoms with Crippen molar-refractivity contribution < 1.29 is 4.79 Å². The molecule has 0 aromatic heterocycles. The molecule has 0 spiro atoms. The predicted octanol–water partition coefficient (Wildman–Crippen LogP) is 2.50. The van der Waals surface area contributed by atoms with Crippen LogP contribution in [0.4, 0.5) is 5.69 Å². The quantitative estimate of drug-likeness (QED) is 0.880. The van der Waals surface area contributed by atoms with Gasteiger partial charge in [0, 0.05) is 18.8 Å². The highest BCUT2D eigenvalue weighted by Gasteiger charge is 2.36. The Bertz CT molecular complexity index is 514. The number of amides is 1. The van der Waals surface area contributed by atoms with Gasteiger partial charge in [0.2, 0.25) is 5.91 Å². The van der Waals surface area contributed by atoms with E-state index in [1.165, 1.54) is 0 Å². The molecule has 2 saturated heterocycles. The van der Waals surface area contributed by atoms with Crippen LogP contribution in [0.5, 0.6) is 0 Å². The van der Waals surface area contributed by atoms with Crippen LogP contribution in [-0.2, 0) is 4.79 Å². The number of nitrogens with zero attached hydrogens (tertiary/aromatic N) is 1. The first-order chi connectivity index (χ1) is 9.61. The van der Waals surface area contributed by atoms with Crippen LogP contribution in [0.15, 0.2) is 18.2 Å². The number of hydrogen-bond donors (Lipinski definition) is 2. The van der Waals surface area contributed by atoms with Gasteiger partial charge in [-0.2, -0.15) is 0 Å². The van der Waals surface area contributed by atoms with Crippen LogP contribution in [0.25, 0.3) is 0 Å². The minimum Gasteiger partial charge on any atom is -0.325 e. The molecule has 1 aromatic rings. The van der Waals surface area contributed by atoms with E-state index in [9.17, 15) is 4.79 Å². The summed E-state index contributed by atoms with van der Waals surface area (Å²) in [6.45, 7) is 4.61. The summed E-state index contributed by atoms with van der Waals surface area (Å²) in [5.74, 6) is 1.40. The molecule has 0 saturated carbocycles. The third kappa shape index (κ3) is 4.02. The van der Waals surface area contributed by atoms with E-state index in [1.54, 1.807) is 18.2 Å². The Morgan fingerprint density at radius 2 is 1.90 bits per heavy atom. The van der Waals surface area contributed by atoms with Gasteiger partial charge in [0.1, 0.15) is 0 Å². The number of halogens is 3. The van der Waals surface area contributed by atoms with Gasteiger partial charge in [-0.05, 0) is 43.1 Å². The van der Waals surface area contributed by atoms with Gasteiger partial charge in [-0.3, -0.25) is 9.69 Å². The third-order valence-electron chi connectivity index (χ3n) is 4.04. The van der Waals surface area contributed by atoms with E-state index in [-0.39, 0.29) is 18.3 Å². The van der Waals surface area contributed by atoms with Crippen LogP contribution < -0.4 is 10.6 Å². The Labute approximate surface area is 140 Å². The number of benzene rings is 1. The second-order valence-corrected chi connectivity index (χ2v) is 6.36. The molecule has 2 aliphatic heterocycles. The molecular weight excluding hydrogens is 333 g/mol. The van der Waals surface area contributed by atoms with Crippen molar-refractivity contribution in [1.82, 2.24) is 10.2 Å². The lowest BCUT2D eigenvalue weighted by Crippen LogP contribution is -2.33. The van der Waals surface area contributed by atoms with Crippen molar-refractivity contribution in [1.29, 1.82) is 0 Å². The summed E-state index contributed by atoms with van der Waals surface area (Å²) in [6, 6.07) is 5.12. The topological polar surface area (TPSA) is 44.4 Å². The molecule has 2 aliphatic rings. The lowest BCUT2D eigenvalue weighted by Gasteiger charge is -2.16. The zero-order valence-corrected chi connectivity index (χ0v) is 13.8. The number of nitrogens with one attached hydrogen (secondary N) is 2. The maximum Gasteiger partial charge on any atom is 0.238 e. The van der Waals surface area contributed by atoms with Crippen molar-refractivity contribution in [3.63, 3.8) is 0 Å². The Morgan fingerprint density at radius 1 is 1.24 bits per heavy atom. The van der Waals surface area contributed by atoms with Gasteiger partial charge in [0.25, 0.3) is 0 Å². The second kappa shape index (κ2) is 7.16. The van der Waals surface area contributed by atoms with Gasteiger partial charge >= 0.3 is 0 Å². The Hall–Kier alpha value is -0.520. The van der Waals surface area contributed by atoms with E-state index in [2.05, 4.69) is 15.5 Å². The number of carbonyl (C=O) groups excluding carboxylic acids is 1. The van der Waals surface area contributed by atoms with Gasteiger partial charge in [-0.15, -0.1) is 12.4 Å². The van der Waals surface area contributed by atoms with Crippen LogP contribution in [0.2, 0.25) is 10.0 Å². The van der Waals surface area contributed by atoms with Crippen LogP contribution in [0, 0.1) is 11.8 Å². The van der Waals surface area contributed by atoms with Gasteiger partial charge < -0.3 is 10.6 Å². The van der Waals surface area contributed by atoms with Crippen LogP contribution in [0.1, 0.15) is 0 Å². The highest BCUT2D eigenvalue weighted by Crippen LogP contribution is 2.27. The summed E-state index contributed by atoms with van der Waals surface area (Å²) in [7, 11) is 0. The van der Waals surface area contributed by atoms with Crippen LogP contribution in [0.3, 0.4) is 0 Å². The minimum absolute atomic E-state index is 0. The third-order valence-corrected chi connectivity index (χ3v) is 4.77. The van der Waals surface area contributed by atoms with E-state index in [4.69, 9.17) is 23.2 Å². The predicted molar refractivity (Wildman–Crippen MR) is 88.6 cm³/mol. The average Bonchev–Trinajstić information content (AvgIpc) is 2.94. The summed E-state index contributed by atoms with van der Waals surface area (Å²) in [6.07, 6.45) is 0. The summed E-state index contributed by atoms with van der Waals surface area (Å²) >= 11 is 11.8.